The van der Waals surface area contributed by atoms with Crippen molar-refractivity contribution in [3.8, 4) is 11.5 Å². The van der Waals surface area contributed by atoms with Crippen molar-refractivity contribution in [3.05, 3.63) is 35.1 Å². The van der Waals surface area contributed by atoms with Crippen molar-refractivity contribution in [1.82, 2.24) is 15.1 Å². The first-order valence-corrected chi connectivity index (χ1v) is 17.0. The summed E-state index contributed by atoms with van der Waals surface area (Å²) in [5, 5.41) is 12.7. The topological polar surface area (TPSA) is 161 Å². The number of carbonyl (C=O) groups is 4. The molecule has 2 aliphatic carbocycles. The minimum atomic E-state index is -0.929. The number of piperidine rings is 2. The fourth-order valence-electron chi connectivity index (χ4n) is 9.00. The highest BCUT2D eigenvalue weighted by Gasteiger charge is 2.65. The maximum absolute atomic E-state index is 14.0. The van der Waals surface area contributed by atoms with Crippen LogP contribution in [-0.2, 0) is 31.0 Å². The predicted octanol–water partition coefficient (Wildman–Crippen LogP) is 3.00. The van der Waals surface area contributed by atoms with Crippen LogP contribution in [0.5, 0.6) is 11.5 Å². The molecule has 5 unspecified atom stereocenters. The lowest BCUT2D eigenvalue weighted by molar-refractivity contribution is -0.144. The number of ether oxygens (including phenoxy) is 3. The van der Waals surface area contributed by atoms with Crippen LogP contribution in [0.15, 0.2) is 24.0 Å². The van der Waals surface area contributed by atoms with E-state index in [0.717, 1.165) is 44.4 Å². The van der Waals surface area contributed by atoms with Crippen molar-refractivity contribution in [2.45, 2.75) is 88.3 Å². The molecule has 2 saturated heterocycles. The Hall–Kier alpha value is -3.64. The van der Waals surface area contributed by atoms with Crippen molar-refractivity contribution in [2.75, 3.05) is 40.3 Å². The number of likely N-dealkylation sites (N-methyl/N-ethyl adjacent to an activating group) is 1. The Kier molecular flexibility index (Phi) is 9.53. The number of benzene rings is 1. The summed E-state index contributed by atoms with van der Waals surface area (Å²) in [5.41, 5.74) is 7.73. The molecule has 256 valence electrons. The molecule has 2 bridgehead atoms. The highest BCUT2D eigenvalue weighted by atomic mass is 16.6. The number of nitrogens with zero attached hydrogens (tertiary/aromatic N) is 2. The number of Topliss-reactive ketones (excluding diaryl/α,β-unsaturated/α-hetero) is 1. The molecule has 12 heteroatoms. The quantitative estimate of drug-likeness (QED) is 0.287. The van der Waals surface area contributed by atoms with Crippen molar-refractivity contribution in [2.24, 2.45) is 23.5 Å². The molecular weight excluding hydrogens is 604 g/mol. The number of allylic oxidation sites excluding steroid dienone is 1. The molecule has 6 rings (SSSR count). The molecule has 12 nitrogen and oxygen atoms in total. The van der Waals surface area contributed by atoms with Gasteiger partial charge in [0.15, 0.2) is 17.6 Å². The molecule has 0 radical (unpaired) electrons. The number of carbonyl (C=O) groups excluding carboxylic acids is 3. The van der Waals surface area contributed by atoms with E-state index in [0.29, 0.717) is 36.4 Å². The third-order valence-corrected chi connectivity index (χ3v) is 11.4. The number of hydrogen-bond donors (Lipinski definition) is 3. The van der Waals surface area contributed by atoms with Gasteiger partial charge in [-0.05, 0) is 95.6 Å². The van der Waals surface area contributed by atoms with Crippen LogP contribution in [0, 0.1) is 17.8 Å². The number of unbranched alkanes of at least 4 members (excludes halogenated alkanes) is 1. The second-order valence-electron chi connectivity index (χ2n) is 14.0. The van der Waals surface area contributed by atoms with Crippen molar-refractivity contribution < 1.29 is 38.5 Å². The van der Waals surface area contributed by atoms with Crippen LogP contribution in [0.25, 0.3) is 0 Å². The van der Waals surface area contributed by atoms with E-state index in [2.05, 4.69) is 23.3 Å². The average molecular weight is 653 g/mol. The maximum atomic E-state index is 14.0. The van der Waals surface area contributed by atoms with Gasteiger partial charge in [-0.2, -0.15) is 0 Å². The number of aliphatic carboxylic acids is 1. The first-order chi connectivity index (χ1) is 22.6. The molecule has 1 aromatic rings. The predicted molar refractivity (Wildman–Crippen MR) is 172 cm³/mol. The second kappa shape index (κ2) is 13.5. The summed E-state index contributed by atoms with van der Waals surface area (Å²) in [6.07, 6.45) is 6.06. The van der Waals surface area contributed by atoms with Crippen LogP contribution in [0.3, 0.4) is 0 Å². The highest BCUT2D eigenvalue weighted by molar-refractivity contribution is 5.85. The van der Waals surface area contributed by atoms with Crippen LogP contribution in [0.2, 0.25) is 0 Å². The number of nitrogens with two attached hydrogens (primary N) is 1. The fourth-order valence-corrected chi connectivity index (χ4v) is 9.00. The van der Waals surface area contributed by atoms with E-state index in [1.807, 2.05) is 12.1 Å². The number of hydrogen-bond acceptors (Lipinski definition) is 9. The number of likely N-dealkylation sites (tertiary alicyclic amines) is 2. The SMILES string of the molecule is COc1ccc2c3c1OC1C(OC(=O)N4CCC(C(=O)O)CC4CNC(=O)[C@H](CCCCN)CC(C)=O)=CCC4C(C2)N(C)CC[C@]314. The number of carboxylic acid groups (broad SMARTS) is 1. The lowest BCUT2D eigenvalue weighted by Gasteiger charge is -2.56. The van der Waals surface area contributed by atoms with Gasteiger partial charge in [-0.1, -0.05) is 12.5 Å². The minimum absolute atomic E-state index is 0.0635. The first kappa shape index (κ1) is 33.3. The van der Waals surface area contributed by atoms with Crippen LogP contribution in [0.1, 0.15) is 69.4 Å². The molecular formula is C35H48N4O8. The van der Waals surface area contributed by atoms with Gasteiger partial charge in [0.2, 0.25) is 5.91 Å². The minimum Gasteiger partial charge on any atom is -0.493 e. The van der Waals surface area contributed by atoms with E-state index in [1.165, 1.54) is 18.1 Å². The van der Waals surface area contributed by atoms with Gasteiger partial charge in [-0.25, -0.2) is 4.79 Å². The summed E-state index contributed by atoms with van der Waals surface area (Å²) >= 11 is 0. The number of rotatable bonds is 12. The molecule has 4 N–H and O–H groups in total. The third kappa shape index (κ3) is 5.99. The molecule has 47 heavy (non-hydrogen) atoms. The third-order valence-electron chi connectivity index (χ3n) is 11.4. The van der Waals surface area contributed by atoms with Crippen LogP contribution in [0.4, 0.5) is 4.79 Å². The van der Waals surface area contributed by atoms with Crippen molar-refractivity contribution in [1.29, 1.82) is 0 Å². The lowest BCUT2D eigenvalue weighted by atomic mass is 9.53. The Morgan fingerprint density at radius 3 is 2.74 bits per heavy atom. The van der Waals surface area contributed by atoms with Gasteiger partial charge < -0.3 is 45.0 Å². The molecule has 0 aromatic heterocycles. The summed E-state index contributed by atoms with van der Waals surface area (Å²) in [5.74, 6) is -0.251. The number of nitrogens with one attached hydrogen (secondary N) is 1. The molecule has 2 amide bonds. The van der Waals surface area contributed by atoms with Gasteiger partial charge in [0.1, 0.15) is 11.5 Å². The largest absolute Gasteiger partial charge is 0.493 e. The van der Waals surface area contributed by atoms with Gasteiger partial charge in [0.25, 0.3) is 0 Å². The number of amides is 2. The zero-order valence-corrected chi connectivity index (χ0v) is 27.7. The summed E-state index contributed by atoms with van der Waals surface area (Å²) < 4.78 is 18.7. The van der Waals surface area contributed by atoms with Gasteiger partial charge in [0, 0.05) is 42.4 Å². The van der Waals surface area contributed by atoms with E-state index >= 15 is 0 Å². The molecule has 0 saturated carbocycles. The zero-order chi connectivity index (χ0) is 33.5. The molecule has 3 heterocycles. The van der Waals surface area contributed by atoms with E-state index < -0.39 is 36.0 Å². The summed E-state index contributed by atoms with van der Waals surface area (Å²) in [6, 6.07) is 3.86. The molecule has 3 aliphatic heterocycles. The van der Waals surface area contributed by atoms with E-state index in [1.54, 1.807) is 12.0 Å². The summed E-state index contributed by atoms with van der Waals surface area (Å²) in [6.45, 7) is 3.12. The van der Waals surface area contributed by atoms with Gasteiger partial charge in [-0.15, -0.1) is 0 Å². The Morgan fingerprint density at radius 1 is 1.21 bits per heavy atom. The molecule has 7 atom stereocenters. The van der Waals surface area contributed by atoms with Gasteiger partial charge in [0.05, 0.1) is 19.1 Å². The smallest absolute Gasteiger partial charge is 0.415 e. The normalized spacial score (nSPS) is 29.6. The Labute approximate surface area is 275 Å². The molecule has 5 aliphatic rings. The number of methoxy groups -OCH3 is 1. The van der Waals surface area contributed by atoms with Crippen LogP contribution in [-0.4, -0.2) is 97.2 Å². The van der Waals surface area contributed by atoms with Crippen molar-refractivity contribution >= 4 is 23.8 Å². The van der Waals surface area contributed by atoms with Crippen LogP contribution < -0.4 is 20.5 Å². The van der Waals surface area contributed by atoms with E-state index in [4.69, 9.17) is 19.9 Å². The maximum Gasteiger partial charge on any atom is 0.415 e. The Balaban J connectivity index is 1.21. The van der Waals surface area contributed by atoms with Crippen LogP contribution >= 0.6 is 0 Å². The number of ketones is 1. The lowest BCUT2D eigenvalue weighted by Crippen LogP contribution is -2.63. The standard InChI is InChI=1S/C35H48N4O8/c1-20(40)16-22(6-4-5-13-36)32(41)37-19-24-17-23(33(42)43)11-14-39(24)34(44)46-28-10-8-25-26-18-21-7-9-27(45-3)30-29(21)35(25,31(28)47-30)12-15-38(26)2/h7,9-10,22-26,31H,4-6,8,11-19,36H2,1-3H3,(H,37,41)(H,42,43)/t22-,23?,24?,25?,26?,31?,35+/m1/s1. The monoisotopic (exact) mass is 652 g/mol. The highest BCUT2D eigenvalue weighted by Crippen LogP contribution is 2.63. The zero-order valence-electron chi connectivity index (χ0n) is 27.7. The molecule has 1 aromatic carbocycles. The molecule has 2 fully saturated rings. The average Bonchev–Trinajstić information content (AvgIpc) is 3.40. The van der Waals surface area contributed by atoms with E-state index in [9.17, 15) is 24.3 Å². The summed E-state index contributed by atoms with van der Waals surface area (Å²) in [7, 11) is 3.82. The fraction of sp³-hybridized carbons (Fsp3) is 0.657. The Morgan fingerprint density at radius 2 is 2.02 bits per heavy atom. The Bertz CT molecular complexity index is 1450. The first-order valence-electron chi connectivity index (χ1n) is 17.0. The summed E-state index contributed by atoms with van der Waals surface area (Å²) in [4.78, 5) is 55.0. The van der Waals surface area contributed by atoms with E-state index in [-0.39, 0.29) is 49.5 Å². The van der Waals surface area contributed by atoms with Gasteiger partial charge in [-0.3, -0.25) is 9.59 Å². The number of carboxylic acids is 1. The molecule has 1 spiro atoms. The van der Waals surface area contributed by atoms with Crippen molar-refractivity contribution in [3.63, 3.8) is 0 Å². The van der Waals surface area contributed by atoms with Gasteiger partial charge >= 0.3 is 12.1 Å². The second-order valence-corrected chi connectivity index (χ2v) is 14.0.